The second kappa shape index (κ2) is 5.67. The normalized spacial score (nSPS) is 16.1. The molecule has 2 heterocycles. The lowest BCUT2D eigenvalue weighted by Gasteiger charge is -2.16. The van der Waals surface area contributed by atoms with Crippen LogP contribution < -0.4 is 11.1 Å². The minimum Gasteiger partial charge on any atom is -0.389 e. The molecule has 0 atom stereocenters. The molecule has 2 rings (SSSR count). The first-order chi connectivity index (χ1) is 8.59. The van der Waals surface area contributed by atoms with E-state index in [1.165, 1.54) is 25.9 Å². The van der Waals surface area contributed by atoms with E-state index in [0.29, 0.717) is 4.99 Å². The maximum atomic E-state index is 5.75. The number of hydrogen-bond donors (Lipinski definition) is 2. The monoisotopic (exact) mass is 267 g/mol. The summed E-state index contributed by atoms with van der Waals surface area (Å²) in [5.41, 5.74) is 7.50. The summed E-state index contributed by atoms with van der Waals surface area (Å²) in [5, 5.41) is 7.76. The van der Waals surface area contributed by atoms with Gasteiger partial charge in [-0.1, -0.05) is 12.2 Å². The number of thiocarbonyl (C=S) groups is 1. The molecule has 0 amide bonds. The number of nitrogens with one attached hydrogen (secondary N) is 1. The lowest BCUT2D eigenvalue weighted by molar-refractivity contribution is 0.352. The van der Waals surface area contributed by atoms with Crippen LogP contribution in [0, 0.1) is 6.92 Å². The molecule has 1 aromatic heterocycles. The van der Waals surface area contributed by atoms with E-state index >= 15 is 0 Å². The van der Waals surface area contributed by atoms with Crippen LogP contribution in [-0.2, 0) is 7.05 Å². The first-order valence-corrected chi connectivity index (χ1v) is 6.80. The van der Waals surface area contributed by atoms with E-state index in [1.807, 2.05) is 18.7 Å². The summed E-state index contributed by atoms with van der Waals surface area (Å²) >= 11 is 5.08. The van der Waals surface area contributed by atoms with Gasteiger partial charge in [-0.15, -0.1) is 0 Å². The molecule has 1 aliphatic rings. The third-order valence-electron chi connectivity index (χ3n) is 3.39. The molecular weight excluding hydrogens is 246 g/mol. The van der Waals surface area contributed by atoms with Crippen LogP contribution in [0.25, 0.3) is 0 Å². The Bertz CT molecular complexity index is 434. The van der Waals surface area contributed by atoms with Crippen molar-refractivity contribution in [2.24, 2.45) is 12.8 Å². The molecule has 100 valence electrons. The van der Waals surface area contributed by atoms with Gasteiger partial charge >= 0.3 is 0 Å². The molecule has 0 unspecified atom stereocenters. The van der Waals surface area contributed by atoms with Crippen LogP contribution in [0.2, 0.25) is 0 Å². The second-order valence-corrected chi connectivity index (χ2v) is 5.21. The predicted octanol–water partition coefficient (Wildman–Crippen LogP) is 0.870. The SMILES string of the molecule is Cc1nn(C)c(NCCN2CCCC2)c1C(N)=S. The van der Waals surface area contributed by atoms with Gasteiger partial charge in [-0.05, 0) is 32.9 Å². The number of likely N-dealkylation sites (tertiary alicyclic amines) is 1. The van der Waals surface area contributed by atoms with Crippen LogP contribution in [0.3, 0.4) is 0 Å². The molecule has 1 fully saturated rings. The van der Waals surface area contributed by atoms with Crippen molar-refractivity contribution in [1.29, 1.82) is 0 Å². The van der Waals surface area contributed by atoms with Crippen LogP contribution in [0.1, 0.15) is 24.1 Å². The van der Waals surface area contributed by atoms with Crippen LogP contribution in [0.5, 0.6) is 0 Å². The third-order valence-corrected chi connectivity index (χ3v) is 3.59. The van der Waals surface area contributed by atoms with Gasteiger partial charge in [0.25, 0.3) is 0 Å². The Labute approximate surface area is 113 Å². The van der Waals surface area contributed by atoms with Crippen molar-refractivity contribution in [1.82, 2.24) is 14.7 Å². The number of nitrogens with two attached hydrogens (primary N) is 1. The number of nitrogens with zero attached hydrogens (tertiary/aromatic N) is 3. The summed E-state index contributed by atoms with van der Waals surface area (Å²) in [7, 11) is 1.91. The number of aryl methyl sites for hydroxylation is 2. The summed E-state index contributed by atoms with van der Waals surface area (Å²) in [6.07, 6.45) is 2.64. The highest BCUT2D eigenvalue weighted by Gasteiger charge is 2.16. The molecule has 1 aliphatic heterocycles. The standard InChI is InChI=1S/C12H21N5S/c1-9-10(11(13)18)12(16(2)15-9)14-5-8-17-6-3-4-7-17/h14H,3-8H2,1-2H3,(H2,13,18). The van der Waals surface area contributed by atoms with Crippen molar-refractivity contribution < 1.29 is 0 Å². The number of hydrogen-bond acceptors (Lipinski definition) is 4. The summed E-state index contributed by atoms with van der Waals surface area (Å²) < 4.78 is 1.81. The average Bonchev–Trinajstić information content (AvgIpc) is 2.87. The van der Waals surface area contributed by atoms with E-state index in [2.05, 4.69) is 15.3 Å². The Morgan fingerprint density at radius 1 is 1.44 bits per heavy atom. The fourth-order valence-electron chi connectivity index (χ4n) is 2.49. The zero-order valence-corrected chi connectivity index (χ0v) is 11.9. The number of rotatable bonds is 5. The summed E-state index contributed by atoms with van der Waals surface area (Å²) in [5.74, 6) is 0.930. The molecule has 0 aromatic carbocycles. The lowest BCUT2D eigenvalue weighted by atomic mass is 10.2. The largest absolute Gasteiger partial charge is 0.389 e. The van der Waals surface area contributed by atoms with E-state index in [1.54, 1.807) is 0 Å². The minimum absolute atomic E-state index is 0.407. The molecule has 0 radical (unpaired) electrons. The zero-order chi connectivity index (χ0) is 13.1. The summed E-state index contributed by atoms with van der Waals surface area (Å²) in [6.45, 7) is 6.32. The van der Waals surface area contributed by atoms with Gasteiger partial charge in [0.15, 0.2) is 0 Å². The molecule has 0 saturated carbocycles. The highest BCUT2D eigenvalue weighted by molar-refractivity contribution is 7.80. The van der Waals surface area contributed by atoms with Crippen LogP contribution in [-0.4, -0.2) is 45.8 Å². The van der Waals surface area contributed by atoms with Crippen molar-refractivity contribution >= 4 is 23.0 Å². The van der Waals surface area contributed by atoms with Gasteiger partial charge in [0, 0.05) is 20.1 Å². The van der Waals surface area contributed by atoms with Crippen molar-refractivity contribution in [3.8, 4) is 0 Å². The molecule has 5 nitrogen and oxygen atoms in total. The third kappa shape index (κ3) is 2.81. The van der Waals surface area contributed by atoms with E-state index in [9.17, 15) is 0 Å². The Morgan fingerprint density at radius 3 is 2.72 bits per heavy atom. The first kappa shape index (κ1) is 13.3. The van der Waals surface area contributed by atoms with Crippen LogP contribution >= 0.6 is 12.2 Å². The van der Waals surface area contributed by atoms with Gasteiger partial charge in [0.05, 0.1) is 11.3 Å². The van der Waals surface area contributed by atoms with Gasteiger partial charge in [0.2, 0.25) is 0 Å². The number of anilines is 1. The van der Waals surface area contributed by atoms with Crippen molar-refractivity contribution in [3.63, 3.8) is 0 Å². The van der Waals surface area contributed by atoms with Crippen LogP contribution in [0.4, 0.5) is 5.82 Å². The molecule has 1 aromatic rings. The summed E-state index contributed by atoms with van der Waals surface area (Å²) in [6, 6.07) is 0. The summed E-state index contributed by atoms with van der Waals surface area (Å²) in [4.78, 5) is 2.88. The van der Waals surface area contributed by atoms with Gasteiger partial charge in [0.1, 0.15) is 10.8 Å². The molecule has 18 heavy (non-hydrogen) atoms. The molecule has 6 heteroatoms. The van der Waals surface area contributed by atoms with E-state index < -0.39 is 0 Å². The average molecular weight is 267 g/mol. The Hall–Kier alpha value is -1.14. The fourth-order valence-corrected chi connectivity index (χ4v) is 2.74. The smallest absolute Gasteiger partial charge is 0.134 e. The minimum atomic E-state index is 0.407. The van der Waals surface area contributed by atoms with Crippen molar-refractivity contribution in [3.05, 3.63) is 11.3 Å². The highest BCUT2D eigenvalue weighted by atomic mass is 32.1. The molecular formula is C12H21N5S. The van der Waals surface area contributed by atoms with Crippen molar-refractivity contribution in [2.45, 2.75) is 19.8 Å². The first-order valence-electron chi connectivity index (χ1n) is 6.39. The highest BCUT2D eigenvalue weighted by Crippen LogP contribution is 2.18. The lowest BCUT2D eigenvalue weighted by Crippen LogP contribution is -2.27. The molecule has 0 aliphatic carbocycles. The molecule has 0 bridgehead atoms. The molecule has 3 N–H and O–H groups in total. The maximum absolute atomic E-state index is 5.75. The zero-order valence-electron chi connectivity index (χ0n) is 11.1. The quantitative estimate of drug-likeness (QED) is 0.775. The van der Waals surface area contributed by atoms with E-state index in [0.717, 1.165) is 30.2 Å². The Balaban J connectivity index is 1.97. The molecule has 0 spiro atoms. The predicted molar refractivity (Wildman–Crippen MR) is 78.0 cm³/mol. The van der Waals surface area contributed by atoms with Gasteiger partial charge in [-0.25, -0.2) is 0 Å². The van der Waals surface area contributed by atoms with E-state index in [-0.39, 0.29) is 0 Å². The number of aromatic nitrogens is 2. The van der Waals surface area contributed by atoms with Crippen molar-refractivity contribution in [2.75, 3.05) is 31.5 Å². The van der Waals surface area contributed by atoms with Crippen LogP contribution in [0.15, 0.2) is 0 Å². The van der Waals surface area contributed by atoms with Gasteiger partial charge < -0.3 is 16.0 Å². The fraction of sp³-hybridized carbons (Fsp3) is 0.667. The second-order valence-electron chi connectivity index (χ2n) is 4.77. The van der Waals surface area contributed by atoms with E-state index in [4.69, 9.17) is 18.0 Å². The maximum Gasteiger partial charge on any atom is 0.134 e. The topological polar surface area (TPSA) is 59.1 Å². The Kier molecular flexibility index (Phi) is 4.19. The molecule has 1 saturated heterocycles. The van der Waals surface area contributed by atoms with Gasteiger partial charge in [-0.2, -0.15) is 5.10 Å². The Morgan fingerprint density at radius 2 is 2.11 bits per heavy atom. The van der Waals surface area contributed by atoms with Gasteiger partial charge in [-0.3, -0.25) is 4.68 Å².